The molecule has 1 aromatic heterocycles. The Labute approximate surface area is 163 Å². The van der Waals surface area contributed by atoms with Crippen molar-refractivity contribution >= 4 is 52.0 Å². The van der Waals surface area contributed by atoms with Crippen molar-refractivity contribution in [3.05, 3.63) is 69.1 Å². The maximum Gasteiger partial charge on any atom is 0.250 e. The van der Waals surface area contributed by atoms with Crippen LogP contribution in [0.3, 0.4) is 0 Å². The SMILES string of the molecule is NC(=O)c1cc(NC(=O)Cc2csc(-c3ccccc3Cl)n2)ccc1Cl. The second-order valence-corrected chi connectivity index (χ2v) is 7.08. The van der Waals surface area contributed by atoms with Gasteiger partial charge >= 0.3 is 0 Å². The molecule has 3 aromatic rings. The van der Waals surface area contributed by atoms with Gasteiger partial charge in [0.05, 0.1) is 27.7 Å². The van der Waals surface area contributed by atoms with Crippen molar-refractivity contribution in [3.63, 3.8) is 0 Å². The van der Waals surface area contributed by atoms with Crippen LogP contribution in [0.15, 0.2) is 47.8 Å². The number of hydrogen-bond acceptors (Lipinski definition) is 4. The van der Waals surface area contributed by atoms with Gasteiger partial charge < -0.3 is 11.1 Å². The van der Waals surface area contributed by atoms with E-state index in [-0.39, 0.29) is 22.9 Å². The van der Waals surface area contributed by atoms with E-state index < -0.39 is 5.91 Å². The number of nitrogens with one attached hydrogen (secondary N) is 1. The van der Waals surface area contributed by atoms with E-state index in [0.717, 1.165) is 10.6 Å². The van der Waals surface area contributed by atoms with E-state index in [2.05, 4.69) is 10.3 Å². The summed E-state index contributed by atoms with van der Waals surface area (Å²) in [6, 6.07) is 12.0. The van der Waals surface area contributed by atoms with Crippen LogP contribution < -0.4 is 11.1 Å². The van der Waals surface area contributed by atoms with Gasteiger partial charge in [-0.05, 0) is 24.3 Å². The van der Waals surface area contributed by atoms with E-state index in [1.54, 1.807) is 12.1 Å². The number of hydrogen-bond donors (Lipinski definition) is 2. The third kappa shape index (κ3) is 4.22. The molecule has 3 N–H and O–H groups in total. The monoisotopic (exact) mass is 405 g/mol. The minimum absolute atomic E-state index is 0.0927. The lowest BCUT2D eigenvalue weighted by Crippen LogP contribution is -2.16. The molecule has 8 heteroatoms. The number of primary amides is 1. The number of nitrogens with zero attached hydrogens (tertiary/aromatic N) is 1. The highest BCUT2D eigenvalue weighted by Gasteiger charge is 2.13. The molecule has 2 aromatic carbocycles. The van der Waals surface area contributed by atoms with Crippen molar-refractivity contribution in [1.82, 2.24) is 4.98 Å². The smallest absolute Gasteiger partial charge is 0.250 e. The Kier molecular flexibility index (Phi) is 5.56. The largest absolute Gasteiger partial charge is 0.366 e. The molecule has 2 amide bonds. The number of benzene rings is 2. The zero-order valence-corrected chi connectivity index (χ0v) is 15.7. The summed E-state index contributed by atoms with van der Waals surface area (Å²) in [5.74, 6) is -0.922. The number of halogens is 2. The second-order valence-electron chi connectivity index (χ2n) is 5.41. The molecule has 0 spiro atoms. The van der Waals surface area contributed by atoms with Crippen LogP contribution in [-0.4, -0.2) is 16.8 Å². The van der Waals surface area contributed by atoms with E-state index in [4.69, 9.17) is 28.9 Å². The van der Waals surface area contributed by atoms with Crippen molar-refractivity contribution in [2.75, 3.05) is 5.32 Å². The van der Waals surface area contributed by atoms with E-state index in [0.29, 0.717) is 16.4 Å². The number of aromatic nitrogens is 1. The lowest BCUT2D eigenvalue weighted by atomic mass is 10.2. The Morgan fingerprint density at radius 3 is 2.62 bits per heavy atom. The highest BCUT2D eigenvalue weighted by atomic mass is 35.5. The highest BCUT2D eigenvalue weighted by Crippen LogP contribution is 2.30. The molecule has 1 heterocycles. The average Bonchev–Trinajstić information content (AvgIpc) is 3.04. The third-order valence-electron chi connectivity index (χ3n) is 3.51. The fraction of sp³-hybridized carbons (Fsp3) is 0.0556. The van der Waals surface area contributed by atoms with Gasteiger partial charge in [-0.25, -0.2) is 4.98 Å². The van der Waals surface area contributed by atoms with Gasteiger partial charge in [-0.1, -0.05) is 41.4 Å². The molecule has 0 saturated carbocycles. The molecule has 0 atom stereocenters. The number of carbonyl (C=O) groups is 2. The summed E-state index contributed by atoms with van der Waals surface area (Å²) in [5, 5.41) is 6.12. The minimum Gasteiger partial charge on any atom is -0.366 e. The Balaban J connectivity index is 1.71. The predicted molar refractivity (Wildman–Crippen MR) is 105 cm³/mol. The van der Waals surface area contributed by atoms with Crippen LogP contribution in [0.25, 0.3) is 10.6 Å². The van der Waals surface area contributed by atoms with Gasteiger partial charge in [0.25, 0.3) is 0 Å². The molecule has 5 nitrogen and oxygen atoms in total. The molecule has 0 aliphatic carbocycles. The number of anilines is 1. The molecule has 0 radical (unpaired) electrons. The van der Waals surface area contributed by atoms with Crippen molar-refractivity contribution in [3.8, 4) is 10.6 Å². The van der Waals surface area contributed by atoms with Gasteiger partial charge in [0.2, 0.25) is 11.8 Å². The van der Waals surface area contributed by atoms with E-state index in [1.165, 1.54) is 23.5 Å². The Morgan fingerprint density at radius 2 is 1.88 bits per heavy atom. The third-order valence-corrected chi connectivity index (χ3v) is 5.10. The van der Waals surface area contributed by atoms with E-state index in [9.17, 15) is 9.59 Å². The van der Waals surface area contributed by atoms with Gasteiger partial charge in [0.1, 0.15) is 5.01 Å². The van der Waals surface area contributed by atoms with Crippen LogP contribution in [0.5, 0.6) is 0 Å². The molecule has 0 saturated heterocycles. The second kappa shape index (κ2) is 7.86. The van der Waals surface area contributed by atoms with Gasteiger partial charge in [0.15, 0.2) is 0 Å². The fourth-order valence-corrected chi connectivity index (χ4v) is 3.66. The molecule has 0 bridgehead atoms. The maximum atomic E-state index is 12.2. The maximum absolute atomic E-state index is 12.2. The normalized spacial score (nSPS) is 10.5. The van der Waals surface area contributed by atoms with Crippen molar-refractivity contribution in [1.29, 1.82) is 0 Å². The number of thiazole rings is 1. The molecule has 26 heavy (non-hydrogen) atoms. The van der Waals surface area contributed by atoms with Crippen molar-refractivity contribution in [2.45, 2.75) is 6.42 Å². The quantitative estimate of drug-likeness (QED) is 0.659. The highest BCUT2D eigenvalue weighted by molar-refractivity contribution is 7.13. The standard InChI is InChI=1S/C18H13Cl2N3O2S/c19-14-4-2-1-3-12(14)18-23-11(9-26-18)8-16(24)22-10-5-6-15(20)13(7-10)17(21)25/h1-7,9H,8H2,(H2,21,25)(H,22,24). The summed E-state index contributed by atoms with van der Waals surface area (Å²) in [4.78, 5) is 28.0. The molecular formula is C18H13Cl2N3O2S. The van der Waals surface area contributed by atoms with Crippen LogP contribution >= 0.6 is 34.5 Å². The Morgan fingerprint density at radius 1 is 1.12 bits per heavy atom. The van der Waals surface area contributed by atoms with Gasteiger partial charge in [0, 0.05) is 16.6 Å². The average molecular weight is 406 g/mol. The van der Waals surface area contributed by atoms with Crippen LogP contribution in [0.1, 0.15) is 16.1 Å². The number of carbonyl (C=O) groups excluding carboxylic acids is 2. The summed E-state index contributed by atoms with van der Waals surface area (Å²) in [5.41, 5.74) is 7.30. The van der Waals surface area contributed by atoms with Crippen LogP contribution in [-0.2, 0) is 11.2 Å². The zero-order chi connectivity index (χ0) is 18.7. The van der Waals surface area contributed by atoms with Crippen LogP contribution in [0.2, 0.25) is 10.0 Å². The molecule has 0 aliphatic rings. The molecule has 3 rings (SSSR count). The lowest BCUT2D eigenvalue weighted by molar-refractivity contribution is -0.115. The van der Waals surface area contributed by atoms with Crippen LogP contribution in [0.4, 0.5) is 5.69 Å². The summed E-state index contributed by atoms with van der Waals surface area (Å²) in [7, 11) is 0. The first kappa shape index (κ1) is 18.4. The summed E-state index contributed by atoms with van der Waals surface area (Å²) >= 11 is 13.5. The first-order valence-corrected chi connectivity index (χ1v) is 9.16. The summed E-state index contributed by atoms with van der Waals surface area (Å²) in [6.45, 7) is 0. The van der Waals surface area contributed by atoms with Gasteiger partial charge in [-0.3, -0.25) is 9.59 Å². The molecule has 0 unspecified atom stereocenters. The number of rotatable bonds is 5. The summed E-state index contributed by atoms with van der Waals surface area (Å²) < 4.78 is 0. The summed E-state index contributed by atoms with van der Waals surface area (Å²) in [6.07, 6.45) is 0.0927. The van der Waals surface area contributed by atoms with Crippen molar-refractivity contribution < 1.29 is 9.59 Å². The topological polar surface area (TPSA) is 85.1 Å². The first-order valence-electron chi connectivity index (χ1n) is 7.52. The number of amides is 2. The zero-order valence-electron chi connectivity index (χ0n) is 13.3. The van der Waals surface area contributed by atoms with Gasteiger partial charge in [-0.2, -0.15) is 0 Å². The Bertz CT molecular complexity index is 988. The minimum atomic E-state index is -0.657. The van der Waals surface area contributed by atoms with E-state index in [1.807, 2.05) is 23.6 Å². The Hall–Kier alpha value is -2.41. The van der Waals surface area contributed by atoms with Crippen LogP contribution in [0, 0.1) is 0 Å². The first-order chi connectivity index (χ1) is 12.4. The van der Waals surface area contributed by atoms with Gasteiger partial charge in [-0.15, -0.1) is 11.3 Å². The predicted octanol–water partition coefficient (Wildman–Crippen LogP) is 4.40. The molecule has 0 fully saturated rings. The van der Waals surface area contributed by atoms with Crippen molar-refractivity contribution in [2.24, 2.45) is 5.73 Å². The fourth-order valence-electron chi connectivity index (χ4n) is 2.31. The number of nitrogens with two attached hydrogens (primary N) is 1. The molecule has 132 valence electrons. The lowest BCUT2D eigenvalue weighted by Gasteiger charge is -2.07. The molecular weight excluding hydrogens is 393 g/mol. The molecule has 0 aliphatic heterocycles. The van der Waals surface area contributed by atoms with E-state index >= 15 is 0 Å².